The van der Waals surface area contributed by atoms with E-state index in [2.05, 4.69) is 21.1 Å². The fourth-order valence-electron chi connectivity index (χ4n) is 4.65. The molecule has 1 N–H and O–H groups in total. The molecule has 3 aromatic heterocycles. The first-order chi connectivity index (χ1) is 15.5. The topological polar surface area (TPSA) is 85.8 Å². The minimum absolute atomic E-state index is 0.0766. The summed E-state index contributed by atoms with van der Waals surface area (Å²) in [6.07, 6.45) is 11.0. The standard InChI is InChI=1S/C25H27N5O2/c1-16-9-22-20(25(32)30(15-27-22)23-5-3-4-6-24(23)31)11-18(16)10-17-7-8-21(26-12-17)19-13-28-29(2)14-19/h7-9,11-15,23-24,31H,3-6,10H2,1-2H3/t23-,24-/m0/s1. The van der Waals surface area contributed by atoms with Crippen molar-refractivity contribution in [2.45, 2.75) is 51.2 Å². The van der Waals surface area contributed by atoms with Crippen LogP contribution in [0.5, 0.6) is 0 Å². The number of nitrogens with zero attached hydrogens (tertiary/aromatic N) is 5. The molecule has 3 heterocycles. The number of aryl methyl sites for hydroxylation is 2. The molecule has 1 aliphatic carbocycles. The summed E-state index contributed by atoms with van der Waals surface area (Å²) in [5.74, 6) is 0. The van der Waals surface area contributed by atoms with Gasteiger partial charge in [0, 0.05) is 25.0 Å². The molecule has 1 aliphatic rings. The van der Waals surface area contributed by atoms with E-state index >= 15 is 0 Å². The van der Waals surface area contributed by atoms with Crippen molar-refractivity contribution in [3.05, 3.63) is 76.2 Å². The first kappa shape index (κ1) is 20.6. The minimum Gasteiger partial charge on any atom is -0.391 e. The van der Waals surface area contributed by atoms with Crippen molar-refractivity contribution in [1.29, 1.82) is 0 Å². The van der Waals surface area contributed by atoms with Crippen molar-refractivity contribution >= 4 is 10.9 Å². The van der Waals surface area contributed by atoms with E-state index in [9.17, 15) is 9.90 Å². The van der Waals surface area contributed by atoms with Gasteiger partial charge in [0.25, 0.3) is 5.56 Å². The molecule has 0 aliphatic heterocycles. The zero-order chi connectivity index (χ0) is 22.2. The Kier molecular flexibility index (Phi) is 5.35. The average Bonchev–Trinajstić information content (AvgIpc) is 3.23. The number of rotatable bonds is 4. The van der Waals surface area contributed by atoms with Crippen LogP contribution in [0.25, 0.3) is 22.2 Å². The van der Waals surface area contributed by atoms with Gasteiger partial charge in [0.05, 0.1) is 41.3 Å². The molecule has 1 fully saturated rings. The summed E-state index contributed by atoms with van der Waals surface area (Å²) < 4.78 is 3.39. The Balaban J connectivity index is 1.46. The molecule has 4 aromatic rings. The fourth-order valence-corrected chi connectivity index (χ4v) is 4.65. The zero-order valence-corrected chi connectivity index (χ0v) is 18.4. The van der Waals surface area contributed by atoms with Crippen LogP contribution in [-0.2, 0) is 13.5 Å². The fraction of sp³-hybridized carbons (Fsp3) is 0.360. The highest BCUT2D eigenvalue weighted by Gasteiger charge is 2.26. The molecule has 7 heteroatoms. The predicted molar refractivity (Wildman–Crippen MR) is 123 cm³/mol. The van der Waals surface area contributed by atoms with Crippen LogP contribution in [0, 0.1) is 6.92 Å². The third-order valence-corrected chi connectivity index (χ3v) is 6.51. The van der Waals surface area contributed by atoms with Gasteiger partial charge in [0.2, 0.25) is 0 Å². The Labute approximate surface area is 186 Å². The molecule has 2 atom stereocenters. The van der Waals surface area contributed by atoms with E-state index in [1.807, 2.05) is 44.6 Å². The van der Waals surface area contributed by atoms with Gasteiger partial charge >= 0.3 is 0 Å². The lowest BCUT2D eigenvalue weighted by molar-refractivity contribution is 0.0735. The van der Waals surface area contributed by atoms with Crippen molar-refractivity contribution in [1.82, 2.24) is 24.3 Å². The van der Waals surface area contributed by atoms with Gasteiger partial charge in [-0.15, -0.1) is 0 Å². The van der Waals surface area contributed by atoms with Crippen LogP contribution in [0.2, 0.25) is 0 Å². The maximum Gasteiger partial charge on any atom is 0.261 e. The summed E-state index contributed by atoms with van der Waals surface area (Å²) in [5.41, 5.74) is 5.74. The average molecular weight is 430 g/mol. The van der Waals surface area contributed by atoms with Crippen molar-refractivity contribution in [2.24, 2.45) is 7.05 Å². The van der Waals surface area contributed by atoms with Crippen LogP contribution in [0.15, 0.2) is 54.0 Å². The summed E-state index contributed by atoms with van der Waals surface area (Å²) in [7, 11) is 1.89. The molecule has 5 rings (SSSR count). The Morgan fingerprint density at radius 2 is 1.97 bits per heavy atom. The zero-order valence-electron chi connectivity index (χ0n) is 18.4. The van der Waals surface area contributed by atoms with Crippen molar-refractivity contribution in [3.63, 3.8) is 0 Å². The molecule has 0 saturated heterocycles. The SMILES string of the molecule is Cc1cc2ncn([C@H]3CCCC[C@@H]3O)c(=O)c2cc1Cc1ccc(-c2cnn(C)c2)nc1. The summed E-state index contributed by atoms with van der Waals surface area (Å²) >= 11 is 0. The number of hydrogen-bond donors (Lipinski definition) is 1. The van der Waals surface area contributed by atoms with Crippen molar-refractivity contribution < 1.29 is 5.11 Å². The Hall–Kier alpha value is -3.32. The van der Waals surface area contributed by atoms with Crippen LogP contribution in [0.3, 0.4) is 0 Å². The minimum atomic E-state index is -0.491. The van der Waals surface area contributed by atoms with E-state index < -0.39 is 6.10 Å². The number of aliphatic hydroxyl groups excluding tert-OH is 1. The molecule has 1 saturated carbocycles. The van der Waals surface area contributed by atoms with Crippen LogP contribution in [0.4, 0.5) is 0 Å². The molecule has 32 heavy (non-hydrogen) atoms. The highest BCUT2D eigenvalue weighted by atomic mass is 16.3. The molecule has 0 bridgehead atoms. The maximum absolute atomic E-state index is 13.3. The van der Waals surface area contributed by atoms with E-state index in [-0.39, 0.29) is 11.6 Å². The molecule has 0 radical (unpaired) electrons. The second-order valence-electron chi connectivity index (χ2n) is 8.80. The van der Waals surface area contributed by atoms with Gasteiger partial charge in [-0.1, -0.05) is 18.9 Å². The second-order valence-corrected chi connectivity index (χ2v) is 8.80. The Morgan fingerprint density at radius 3 is 2.69 bits per heavy atom. The summed E-state index contributed by atoms with van der Waals surface area (Å²) in [5, 5.41) is 15.2. The summed E-state index contributed by atoms with van der Waals surface area (Å²) in [6, 6.07) is 7.81. The first-order valence-electron chi connectivity index (χ1n) is 11.1. The summed E-state index contributed by atoms with van der Waals surface area (Å²) in [6.45, 7) is 2.05. The smallest absolute Gasteiger partial charge is 0.261 e. The van der Waals surface area contributed by atoms with Gasteiger partial charge in [-0.05, 0) is 61.1 Å². The predicted octanol–water partition coefficient (Wildman–Crippen LogP) is 3.57. The Morgan fingerprint density at radius 1 is 1.12 bits per heavy atom. The number of benzene rings is 1. The van der Waals surface area contributed by atoms with Gasteiger partial charge in [0.1, 0.15) is 0 Å². The third kappa shape index (κ3) is 3.84. The number of aliphatic hydroxyl groups is 1. The number of fused-ring (bicyclic) bond motifs is 1. The van der Waals surface area contributed by atoms with Gasteiger partial charge < -0.3 is 5.11 Å². The molecule has 0 spiro atoms. The lowest BCUT2D eigenvalue weighted by Gasteiger charge is -2.29. The van der Waals surface area contributed by atoms with Gasteiger partial charge in [-0.2, -0.15) is 5.10 Å². The van der Waals surface area contributed by atoms with Crippen LogP contribution in [0.1, 0.15) is 48.4 Å². The number of hydrogen-bond acceptors (Lipinski definition) is 5. The van der Waals surface area contributed by atoms with Crippen LogP contribution in [-0.4, -0.2) is 35.5 Å². The van der Waals surface area contributed by atoms with E-state index in [0.29, 0.717) is 17.3 Å². The van der Waals surface area contributed by atoms with E-state index in [0.717, 1.165) is 53.6 Å². The van der Waals surface area contributed by atoms with Crippen molar-refractivity contribution in [2.75, 3.05) is 0 Å². The summed E-state index contributed by atoms with van der Waals surface area (Å²) in [4.78, 5) is 22.4. The van der Waals surface area contributed by atoms with Gasteiger partial charge in [-0.25, -0.2) is 4.98 Å². The first-order valence-corrected chi connectivity index (χ1v) is 11.1. The van der Waals surface area contributed by atoms with Gasteiger partial charge in [0.15, 0.2) is 0 Å². The lowest BCUT2D eigenvalue weighted by atomic mass is 9.92. The lowest BCUT2D eigenvalue weighted by Crippen LogP contribution is -2.34. The highest BCUT2D eigenvalue weighted by Crippen LogP contribution is 2.28. The third-order valence-electron chi connectivity index (χ3n) is 6.51. The van der Waals surface area contributed by atoms with E-state index in [1.165, 1.54) is 0 Å². The van der Waals surface area contributed by atoms with Crippen LogP contribution < -0.4 is 5.56 Å². The highest BCUT2D eigenvalue weighted by molar-refractivity contribution is 5.79. The van der Waals surface area contributed by atoms with Crippen LogP contribution >= 0.6 is 0 Å². The largest absolute Gasteiger partial charge is 0.391 e. The Bertz CT molecular complexity index is 1320. The second kappa shape index (κ2) is 8.31. The van der Waals surface area contributed by atoms with Gasteiger partial charge in [-0.3, -0.25) is 19.0 Å². The normalized spacial score (nSPS) is 18.8. The molecular formula is C25H27N5O2. The maximum atomic E-state index is 13.3. The van der Waals surface area contributed by atoms with E-state index in [4.69, 9.17) is 0 Å². The molecule has 7 nitrogen and oxygen atoms in total. The monoisotopic (exact) mass is 429 g/mol. The molecule has 1 aromatic carbocycles. The number of aromatic nitrogens is 5. The quantitative estimate of drug-likeness (QED) is 0.536. The molecule has 0 amide bonds. The number of pyridine rings is 1. The molecular weight excluding hydrogens is 402 g/mol. The molecule has 164 valence electrons. The molecule has 0 unspecified atom stereocenters. The van der Waals surface area contributed by atoms with Crippen molar-refractivity contribution in [3.8, 4) is 11.3 Å². The van der Waals surface area contributed by atoms with E-state index in [1.54, 1.807) is 21.8 Å².